The van der Waals surface area contributed by atoms with Crippen LogP contribution >= 0.6 is 11.6 Å². The number of morpholine rings is 1. The first-order chi connectivity index (χ1) is 14.5. The van der Waals surface area contributed by atoms with Crippen LogP contribution < -0.4 is 16.2 Å². The van der Waals surface area contributed by atoms with Crippen LogP contribution in [0.2, 0.25) is 5.02 Å². The number of ether oxygens (including phenoxy) is 1. The predicted octanol–water partition coefficient (Wildman–Crippen LogP) is 2.67. The number of nitrogens with zero attached hydrogens (tertiary/aromatic N) is 1. The molecule has 2 fully saturated rings. The quantitative estimate of drug-likeness (QED) is 0.697. The molecule has 0 radical (unpaired) electrons. The van der Waals surface area contributed by atoms with E-state index in [-0.39, 0.29) is 17.9 Å². The smallest absolute Gasteiger partial charge is 0.254 e. The van der Waals surface area contributed by atoms with Gasteiger partial charge in [0.2, 0.25) is 5.91 Å². The van der Waals surface area contributed by atoms with E-state index in [1.807, 2.05) is 37.3 Å². The SMILES string of the molecule is Cc1c(NC(=O)C2CC(c3cccc(Cl)c3)NN2)cccc1C(=O)N1CCOCC1. The van der Waals surface area contributed by atoms with Crippen LogP contribution in [0.5, 0.6) is 0 Å². The number of hydrogen-bond donors (Lipinski definition) is 3. The van der Waals surface area contributed by atoms with Gasteiger partial charge in [-0.2, -0.15) is 0 Å². The van der Waals surface area contributed by atoms with Crippen LogP contribution in [0.4, 0.5) is 5.69 Å². The van der Waals surface area contributed by atoms with Gasteiger partial charge < -0.3 is 15.0 Å². The van der Waals surface area contributed by atoms with E-state index in [0.717, 1.165) is 11.1 Å². The van der Waals surface area contributed by atoms with Gasteiger partial charge >= 0.3 is 0 Å². The van der Waals surface area contributed by atoms with Gasteiger partial charge in [-0.1, -0.05) is 29.8 Å². The Morgan fingerprint density at radius 2 is 1.90 bits per heavy atom. The summed E-state index contributed by atoms with van der Waals surface area (Å²) >= 11 is 6.08. The number of hydrogen-bond acceptors (Lipinski definition) is 5. The number of hydrazine groups is 1. The van der Waals surface area contributed by atoms with Crippen molar-refractivity contribution in [3.8, 4) is 0 Å². The molecule has 0 aliphatic carbocycles. The van der Waals surface area contributed by atoms with E-state index in [1.165, 1.54) is 0 Å². The number of benzene rings is 2. The number of rotatable bonds is 4. The topological polar surface area (TPSA) is 82.7 Å². The molecule has 7 nitrogen and oxygen atoms in total. The summed E-state index contributed by atoms with van der Waals surface area (Å²) in [4.78, 5) is 27.5. The summed E-state index contributed by atoms with van der Waals surface area (Å²) in [6.07, 6.45) is 0.595. The largest absolute Gasteiger partial charge is 0.378 e. The molecule has 30 heavy (non-hydrogen) atoms. The first kappa shape index (κ1) is 20.8. The maximum absolute atomic E-state index is 12.9. The molecule has 158 valence electrons. The van der Waals surface area contributed by atoms with Gasteiger partial charge in [0.05, 0.1) is 13.2 Å². The zero-order valence-corrected chi connectivity index (χ0v) is 17.5. The third-order valence-electron chi connectivity index (χ3n) is 5.59. The van der Waals surface area contributed by atoms with Crippen molar-refractivity contribution in [3.05, 3.63) is 64.2 Å². The zero-order chi connectivity index (χ0) is 21.1. The molecule has 0 aromatic heterocycles. The van der Waals surface area contributed by atoms with Crippen LogP contribution in [0, 0.1) is 6.92 Å². The average molecular weight is 429 g/mol. The van der Waals surface area contributed by atoms with Gasteiger partial charge in [-0.15, -0.1) is 0 Å². The second kappa shape index (κ2) is 9.14. The Kier molecular flexibility index (Phi) is 6.34. The minimum atomic E-state index is -0.396. The highest BCUT2D eigenvalue weighted by molar-refractivity contribution is 6.30. The fourth-order valence-electron chi connectivity index (χ4n) is 3.83. The van der Waals surface area contributed by atoms with Crippen LogP contribution in [0.25, 0.3) is 0 Å². The van der Waals surface area contributed by atoms with Gasteiger partial charge in [-0.25, -0.2) is 10.9 Å². The number of anilines is 1. The molecule has 2 aromatic carbocycles. The molecule has 2 atom stereocenters. The summed E-state index contributed by atoms with van der Waals surface area (Å²) in [6, 6.07) is 12.6. The van der Waals surface area contributed by atoms with Gasteiger partial charge in [0.25, 0.3) is 5.91 Å². The maximum Gasteiger partial charge on any atom is 0.254 e. The molecule has 2 heterocycles. The van der Waals surface area contributed by atoms with E-state index < -0.39 is 6.04 Å². The monoisotopic (exact) mass is 428 g/mol. The summed E-state index contributed by atoms with van der Waals surface area (Å²) < 4.78 is 5.33. The predicted molar refractivity (Wildman–Crippen MR) is 115 cm³/mol. The highest BCUT2D eigenvalue weighted by Gasteiger charge is 2.31. The summed E-state index contributed by atoms with van der Waals surface area (Å²) in [6.45, 7) is 4.12. The van der Waals surface area contributed by atoms with Crippen molar-refractivity contribution in [2.45, 2.75) is 25.4 Å². The minimum absolute atomic E-state index is 0.00483. The molecular weight excluding hydrogens is 404 g/mol. The first-order valence-electron chi connectivity index (χ1n) is 10.1. The number of amides is 2. The second-order valence-corrected chi connectivity index (χ2v) is 7.99. The summed E-state index contributed by atoms with van der Waals surface area (Å²) in [5, 5.41) is 3.64. The third-order valence-corrected chi connectivity index (χ3v) is 5.83. The Morgan fingerprint density at radius 3 is 2.67 bits per heavy atom. The fourth-order valence-corrected chi connectivity index (χ4v) is 4.03. The fraction of sp³-hybridized carbons (Fsp3) is 0.364. The molecule has 0 saturated carbocycles. The van der Waals surface area contributed by atoms with E-state index in [1.54, 1.807) is 17.0 Å². The Labute approximate surface area is 180 Å². The van der Waals surface area contributed by atoms with Crippen molar-refractivity contribution in [2.24, 2.45) is 0 Å². The van der Waals surface area contributed by atoms with Crippen molar-refractivity contribution >= 4 is 29.1 Å². The van der Waals surface area contributed by atoms with Gasteiger partial charge in [0.15, 0.2) is 0 Å². The molecule has 4 rings (SSSR count). The minimum Gasteiger partial charge on any atom is -0.378 e. The summed E-state index contributed by atoms with van der Waals surface area (Å²) in [5.41, 5.74) is 9.26. The first-order valence-corrected chi connectivity index (χ1v) is 10.4. The van der Waals surface area contributed by atoms with Crippen LogP contribution in [0.3, 0.4) is 0 Å². The van der Waals surface area contributed by atoms with Gasteiger partial charge in [0.1, 0.15) is 6.04 Å². The number of halogens is 1. The molecule has 0 spiro atoms. The van der Waals surface area contributed by atoms with Gasteiger partial charge in [-0.05, 0) is 48.7 Å². The van der Waals surface area contributed by atoms with Gasteiger partial charge in [-0.3, -0.25) is 9.59 Å². The Bertz CT molecular complexity index is 946. The number of nitrogens with one attached hydrogen (secondary N) is 3. The molecule has 2 aliphatic heterocycles. The lowest BCUT2D eigenvalue weighted by molar-refractivity contribution is -0.117. The highest BCUT2D eigenvalue weighted by Crippen LogP contribution is 2.26. The van der Waals surface area contributed by atoms with Crippen molar-refractivity contribution in [1.29, 1.82) is 0 Å². The van der Waals surface area contributed by atoms with E-state index in [0.29, 0.717) is 49.0 Å². The Morgan fingerprint density at radius 1 is 1.13 bits per heavy atom. The van der Waals surface area contributed by atoms with E-state index in [4.69, 9.17) is 16.3 Å². The Balaban J connectivity index is 1.43. The van der Waals surface area contributed by atoms with Crippen molar-refractivity contribution < 1.29 is 14.3 Å². The lowest BCUT2D eigenvalue weighted by Crippen LogP contribution is -2.41. The maximum atomic E-state index is 12.9. The van der Waals surface area contributed by atoms with Crippen LogP contribution in [-0.2, 0) is 9.53 Å². The van der Waals surface area contributed by atoms with Crippen LogP contribution in [0.1, 0.15) is 33.9 Å². The molecule has 2 unspecified atom stereocenters. The van der Waals surface area contributed by atoms with E-state index in [9.17, 15) is 9.59 Å². The highest BCUT2D eigenvalue weighted by atomic mass is 35.5. The summed E-state index contributed by atoms with van der Waals surface area (Å²) in [7, 11) is 0. The molecule has 2 aliphatic rings. The molecule has 0 bridgehead atoms. The zero-order valence-electron chi connectivity index (χ0n) is 16.8. The molecular formula is C22H25ClN4O3. The normalized spacial score (nSPS) is 21.5. The molecule has 2 amide bonds. The summed E-state index contributed by atoms with van der Waals surface area (Å²) in [5.74, 6) is -0.181. The van der Waals surface area contributed by atoms with Crippen molar-refractivity contribution in [3.63, 3.8) is 0 Å². The molecule has 2 saturated heterocycles. The van der Waals surface area contributed by atoms with Crippen LogP contribution in [0.15, 0.2) is 42.5 Å². The van der Waals surface area contributed by atoms with E-state index in [2.05, 4.69) is 16.2 Å². The Hall–Kier alpha value is -2.45. The van der Waals surface area contributed by atoms with Gasteiger partial charge in [0, 0.05) is 35.4 Å². The lowest BCUT2D eigenvalue weighted by Gasteiger charge is -2.27. The van der Waals surface area contributed by atoms with Crippen molar-refractivity contribution in [2.75, 3.05) is 31.6 Å². The molecule has 8 heteroatoms. The molecule has 3 N–H and O–H groups in total. The van der Waals surface area contributed by atoms with E-state index >= 15 is 0 Å². The lowest BCUT2D eigenvalue weighted by atomic mass is 10.0. The molecule has 2 aromatic rings. The number of carbonyl (C=O) groups excluding carboxylic acids is 2. The average Bonchev–Trinajstić information content (AvgIpc) is 3.26. The van der Waals surface area contributed by atoms with Crippen molar-refractivity contribution in [1.82, 2.24) is 15.8 Å². The number of carbonyl (C=O) groups is 2. The third kappa shape index (κ3) is 4.49. The second-order valence-electron chi connectivity index (χ2n) is 7.56. The van der Waals surface area contributed by atoms with Crippen LogP contribution in [-0.4, -0.2) is 49.1 Å². The standard InChI is InChI=1S/C22H25ClN4O3/c1-14-17(22(29)27-8-10-30-11-9-27)6-3-7-18(14)24-21(28)20-13-19(25-26-20)15-4-2-5-16(23)12-15/h2-7,12,19-20,25-26H,8-11,13H2,1H3,(H,24,28).